The van der Waals surface area contributed by atoms with Crippen molar-refractivity contribution in [1.29, 1.82) is 0 Å². The molecule has 1 aromatic carbocycles. The van der Waals surface area contributed by atoms with Crippen LogP contribution in [0.1, 0.15) is 15.9 Å². The standard InChI is InChI=1S/C8H2Br2ClF3O/c9-5-2-6(10)4(8(12,13)14)1-3(5)7(11)15/h1-2H. The minimum Gasteiger partial charge on any atom is -0.276 e. The van der Waals surface area contributed by atoms with Crippen molar-refractivity contribution in [2.24, 2.45) is 0 Å². The second-order valence-electron chi connectivity index (χ2n) is 2.58. The summed E-state index contributed by atoms with van der Waals surface area (Å²) in [6.45, 7) is 0. The molecular formula is C8H2Br2ClF3O. The van der Waals surface area contributed by atoms with Crippen LogP contribution < -0.4 is 0 Å². The molecule has 0 heterocycles. The van der Waals surface area contributed by atoms with Gasteiger partial charge < -0.3 is 0 Å². The Bertz CT molecular complexity index is 417. The number of carbonyl (C=O) groups is 1. The molecule has 1 aromatic rings. The molecule has 0 spiro atoms. The molecule has 0 saturated carbocycles. The highest BCUT2D eigenvalue weighted by molar-refractivity contribution is 9.11. The monoisotopic (exact) mass is 364 g/mol. The number of hydrogen-bond donors (Lipinski definition) is 0. The van der Waals surface area contributed by atoms with E-state index >= 15 is 0 Å². The maximum absolute atomic E-state index is 12.4. The zero-order chi connectivity index (χ0) is 11.8. The van der Waals surface area contributed by atoms with Gasteiger partial charge in [0.05, 0.1) is 5.56 Å². The van der Waals surface area contributed by atoms with Crippen LogP contribution in [0.4, 0.5) is 13.2 Å². The van der Waals surface area contributed by atoms with Crippen molar-refractivity contribution in [2.45, 2.75) is 6.18 Å². The summed E-state index contributed by atoms with van der Waals surface area (Å²) in [5.41, 5.74) is -1.15. The number of benzene rings is 1. The molecule has 15 heavy (non-hydrogen) atoms. The van der Waals surface area contributed by atoms with Crippen molar-refractivity contribution in [1.82, 2.24) is 0 Å². The van der Waals surface area contributed by atoms with Crippen molar-refractivity contribution in [2.75, 3.05) is 0 Å². The molecule has 0 radical (unpaired) electrons. The van der Waals surface area contributed by atoms with E-state index in [1.165, 1.54) is 0 Å². The van der Waals surface area contributed by atoms with Gasteiger partial charge in [-0.15, -0.1) is 0 Å². The summed E-state index contributed by atoms with van der Waals surface area (Å²) < 4.78 is 37.3. The third kappa shape index (κ3) is 2.95. The Morgan fingerprint density at radius 2 is 1.73 bits per heavy atom. The molecule has 0 saturated heterocycles. The molecule has 1 rings (SSSR count). The van der Waals surface area contributed by atoms with Crippen LogP contribution in [-0.4, -0.2) is 5.24 Å². The first-order valence-electron chi connectivity index (χ1n) is 3.49. The van der Waals surface area contributed by atoms with Gasteiger partial charge in [-0.2, -0.15) is 13.2 Å². The Kier molecular flexibility index (Phi) is 3.84. The van der Waals surface area contributed by atoms with E-state index in [4.69, 9.17) is 11.6 Å². The van der Waals surface area contributed by atoms with E-state index in [0.717, 1.165) is 6.07 Å². The summed E-state index contributed by atoms with van der Waals surface area (Å²) in [6, 6.07) is 1.84. The molecule has 0 aliphatic heterocycles. The van der Waals surface area contributed by atoms with Gasteiger partial charge in [-0.3, -0.25) is 4.79 Å². The summed E-state index contributed by atoms with van der Waals surface area (Å²) in [5, 5.41) is -0.945. The molecule has 82 valence electrons. The summed E-state index contributed by atoms with van der Waals surface area (Å²) in [4.78, 5) is 10.8. The normalized spacial score (nSPS) is 11.6. The maximum Gasteiger partial charge on any atom is 0.417 e. The first-order valence-corrected chi connectivity index (χ1v) is 5.46. The highest BCUT2D eigenvalue weighted by atomic mass is 79.9. The summed E-state index contributed by atoms with van der Waals surface area (Å²) in [6.07, 6.45) is -4.53. The molecule has 0 amide bonds. The number of halogens is 6. The van der Waals surface area contributed by atoms with E-state index in [-0.39, 0.29) is 14.5 Å². The van der Waals surface area contributed by atoms with E-state index in [9.17, 15) is 18.0 Å². The third-order valence-corrected chi connectivity index (χ3v) is 3.09. The Labute approximate surface area is 105 Å². The van der Waals surface area contributed by atoms with Crippen LogP contribution in [0.5, 0.6) is 0 Å². The Morgan fingerprint density at radius 3 is 2.13 bits per heavy atom. The zero-order valence-corrected chi connectivity index (χ0v) is 10.8. The Hall–Kier alpha value is -0.0700. The van der Waals surface area contributed by atoms with Gasteiger partial charge in [0.25, 0.3) is 5.24 Å². The molecule has 1 nitrogen and oxygen atoms in total. The first-order chi connectivity index (χ1) is 6.73. The minimum absolute atomic E-state index is 0.149. The Morgan fingerprint density at radius 1 is 1.20 bits per heavy atom. The van der Waals surface area contributed by atoms with Gasteiger partial charge in [0, 0.05) is 14.5 Å². The predicted octanol–water partition coefficient (Wildman–Crippen LogP) is 4.61. The van der Waals surface area contributed by atoms with Crippen LogP contribution in [0.2, 0.25) is 0 Å². The lowest BCUT2D eigenvalue weighted by molar-refractivity contribution is -0.138. The Balaban J connectivity index is 3.43. The topological polar surface area (TPSA) is 17.1 Å². The molecule has 0 aliphatic carbocycles. The molecule has 0 bridgehead atoms. The molecule has 0 atom stereocenters. The van der Waals surface area contributed by atoms with E-state index in [1.807, 2.05) is 0 Å². The van der Waals surface area contributed by atoms with Gasteiger partial charge in [0.2, 0.25) is 0 Å². The SMILES string of the molecule is O=C(Cl)c1cc(C(F)(F)F)c(Br)cc1Br. The quantitative estimate of drug-likeness (QED) is 0.664. The smallest absolute Gasteiger partial charge is 0.276 e. The average molecular weight is 366 g/mol. The van der Waals surface area contributed by atoms with Gasteiger partial charge in [0.1, 0.15) is 0 Å². The van der Waals surface area contributed by atoms with Crippen LogP contribution >= 0.6 is 43.5 Å². The number of hydrogen-bond acceptors (Lipinski definition) is 1. The van der Waals surface area contributed by atoms with Crippen LogP contribution in [0.25, 0.3) is 0 Å². The van der Waals surface area contributed by atoms with Gasteiger partial charge in [-0.25, -0.2) is 0 Å². The predicted molar refractivity (Wildman–Crippen MR) is 57.0 cm³/mol. The zero-order valence-electron chi connectivity index (χ0n) is 6.83. The van der Waals surface area contributed by atoms with Crippen LogP contribution in [0.15, 0.2) is 21.1 Å². The summed E-state index contributed by atoms with van der Waals surface area (Å²) in [5.74, 6) is 0. The number of rotatable bonds is 1. The van der Waals surface area contributed by atoms with E-state index in [0.29, 0.717) is 6.07 Å². The summed E-state index contributed by atoms with van der Waals surface area (Å²) in [7, 11) is 0. The van der Waals surface area contributed by atoms with Crippen molar-refractivity contribution in [3.8, 4) is 0 Å². The van der Waals surface area contributed by atoms with Crippen LogP contribution in [0.3, 0.4) is 0 Å². The fourth-order valence-corrected chi connectivity index (χ4v) is 2.59. The van der Waals surface area contributed by atoms with Crippen LogP contribution in [-0.2, 0) is 6.18 Å². The lowest BCUT2D eigenvalue weighted by atomic mass is 10.1. The van der Waals surface area contributed by atoms with Gasteiger partial charge in [0.15, 0.2) is 0 Å². The van der Waals surface area contributed by atoms with Gasteiger partial charge >= 0.3 is 6.18 Å². The second kappa shape index (κ2) is 4.43. The molecule has 0 unspecified atom stereocenters. The van der Waals surface area contributed by atoms with Crippen LogP contribution in [0, 0.1) is 0 Å². The van der Waals surface area contributed by atoms with E-state index in [2.05, 4.69) is 31.9 Å². The maximum atomic E-state index is 12.4. The summed E-state index contributed by atoms with van der Waals surface area (Å²) >= 11 is 10.8. The molecular weight excluding hydrogens is 364 g/mol. The van der Waals surface area contributed by atoms with Gasteiger partial charge in [-0.1, -0.05) is 15.9 Å². The lowest BCUT2D eigenvalue weighted by Gasteiger charge is -2.10. The fourth-order valence-electron chi connectivity index (χ4n) is 0.917. The largest absolute Gasteiger partial charge is 0.417 e. The van der Waals surface area contributed by atoms with Gasteiger partial charge in [-0.05, 0) is 39.7 Å². The van der Waals surface area contributed by atoms with Crippen molar-refractivity contribution >= 4 is 48.7 Å². The average Bonchev–Trinajstić information content (AvgIpc) is 2.00. The molecule has 0 fully saturated rings. The van der Waals surface area contributed by atoms with Crippen molar-refractivity contribution in [3.63, 3.8) is 0 Å². The highest BCUT2D eigenvalue weighted by Gasteiger charge is 2.34. The minimum atomic E-state index is -4.53. The first kappa shape index (κ1) is 13.0. The highest BCUT2D eigenvalue weighted by Crippen LogP contribution is 2.38. The second-order valence-corrected chi connectivity index (χ2v) is 4.64. The number of alkyl halides is 3. The molecule has 0 aromatic heterocycles. The molecule has 0 N–H and O–H groups in total. The molecule has 0 aliphatic rings. The third-order valence-electron chi connectivity index (χ3n) is 1.57. The van der Waals surface area contributed by atoms with E-state index < -0.39 is 17.0 Å². The van der Waals surface area contributed by atoms with Crippen molar-refractivity contribution in [3.05, 3.63) is 32.2 Å². The lowest BCUT2D eigenvalue weighted by Crippen LogP contribution is -2.08. The number of carbonyl (C=O) groups excluding carboxylic acids is 1. The van der Waals surface area contributed by atoms with Crippen molar-refractivity contribution < 1.29 is 18.0 Å². The fraction of sp³-hybridized carbons (Fsp3) is 0.125. The molecule has 7 heteroatoms. The van der Waals surface area contributed by atoms with E-state index in [1.54, 1.807) is 0 Å².